The minimum Gasteiger partial charge on any atom is -0.303 e. The Labute approximate surface area is 108 Å². The Kier molecular flexibility index (Phi) is 2.80. The van der Waals surface area contributed by atoms with Crippen LogP contribution in [0.25, 0.3) is 10.9 Å². The number of para-hydroxylation sites is 1. The first-order valence-corrected chi connectivity index (χ1v) is 6.48. The highest BCUT2D eigenvalue weighted by Crippen LogP contribution is 2.32. The number of hydrogen-bond acceptors (Lipinski definition) is 3. The average molecular weight is 241 g/mol. The van der Waals surface area contributed by atoms with Crippen LogP contribution in [0.5, 0.6) is 0 Å². The van der Waals surface area contributed by atoms with Gasteiger partial charge in [0.05, 0.1) is 5.52 Å². The quantitative estimate of drug-likeness (QED) is 0.844. The molecular formula is C15H19N3. The van der Waals surface area contributed by atoms with Crippen LogP contribution in [-0.4, -0.2) is 24.2 Å². The molecule has 1 fully saturated rings. The third-order valence-corrected chi connectivity index (χ3v) is 4.04. The second-order valence-corrected chi connectivity index (χ2v) is 5.48. The molecule has 18 heavy (non-hydrogen) atoms. The van der Waals surface area contributed by atoms with Gasteiger partial charge < -0.3 is 5.32 Å². The van der Waals surface area contributed by atoms with Gasteiger partial charge in [-0.25, -0.2) is 0 Å². The summed E-state index contributed by atoms with van der Waals surface area (Å²) < 4.78 is 0. The summed E-state index contributed by atoms with van der Waals surface area (Å²) >= 11 is 0. The number of rotatable bonds is 2. The van der Waals surface area contributed by atoms with E-state index < -0.39 is 0 Å². The van der Waals surface area contributed by atoms with Gasteiger partial charge in [-0.3, -0.25) is 10.3 Å². The van der Waals surface area contributed by atoms with Crippen molar-refractivity contribution >= 4 is 10.9 Å². The van der Waals surface area contributed by atoms with E-state index in [0.717, 1.165) is 18.7 Å². The lowest BCUT2D eigenvalue weighted by atomic mass is 9.76. The number of nitrogens with zero attached hydrogens (tertiary/aromatic N) is 1. The summed E-state index contributed by atoms with van der Waals surface area (Å²) in [6.07, 6.45) is 1.92. The van der Waals surface area contributed by atoms with E-state index in [-0.39, 0.29) is 5.41 Å². The average Bonchev–Trinajstić information content (AvgIpc) is 2.92. The van der Waals surface area contributed by atoms with Crippen LogP contribution in [0, 0.1) is 0 Å². The highest BCUT2D eigenvalue weighted by Gasteiger charge is 2.34. The molecule has 0 bridgehead atoms. The molecule has 1 aromatic carbocycles. The molecule has 3 rings (SSSR count). The number of pyridine rings is 1. The normalized spacial score (nSPS) is 20.4. The minimum atomic E-state index is 0.0893. The molecule has 94 valence electrons. The fourth-order valence-electron chi connectivity index (χ4n) is 2.84. The predicted octanol–water partition coefficient (Wildman–Crippen LogP) is 2.03. The van der Waals surface area contributed by atoms with E-state index in [0.29, 0.717) is 6.04 Å². The second-order valence-electron chi connectivity index (χ2n) is 5.48. The molecule has 0 radical (unpaired) electrons. The number of nitrogens with one attached hydrogen (secondary N) is 2. The largest absolute Gasteiger partial charge is 0.303 e. The highest BCUT2D eigenvalue weighted by molar-refractivity contribution is 5.83. The van der Waals surface area contributed by atoms with Crippen LogP contribution < -0.4 is 10.6 Å². The summed E-state index contributed by atoms with van der Waals surface area (Å²) in [4.78, 5) is 4.45. The molecule has 1 atom stereocenters. The summed E-state index contributed by atoms with van der Waals surface area (Å²) in [6, 6.07) is 11.0. The van der Waals surface area contributed by atoms with Gasteiger partial charge in [0.25, 0.3) is 0 Å². The lowest BCUT2D eigenvalue weighted by Crippen LogP contribution is -2.42. The summed E-state index contributed by atoms with van der Waals surface area (Å²) in [5, 5.41) is 8.16. The van der Waals surface area contributed by atoms with E-state index in [4.69, 9.17) is 0 Å². The fourth-order valence-corrected chi connectivity index (χ4v) is 2.84. The zero-order valence-corrected chi connectivity index (χ0v) is 10.9. The molecule has 0 aliphatic carbocycles. The molecule has 3 nitrogen and oxygen atoms in total. The van der Waals surface area contributed by atoms with E-state index in [1.807, 2.05) is 12.3 Å². The lowest BCUT2D eigenvalue weighted by Gasteiger charge is -2.32. The van der Waals surface area contributed by atoms with Gasteiger partial charge in [-0.05, 0) is 17.7 Å². The minimum absolute atomic E-state index is 0.0893. The Balaban J connectivity index is 2.13. The van der Waals surface area contributed by atoms with Crippen molar-refractivity contribution in [2.45, 2.75) is 25.3 Å². The van der Waals surface area contributed by atoms with Crippen molar-refractivity contribution in [1.82, 2.24) is 15.6 Å². The summed E-state index contributed by atoms with van der Waals surface area (Å²) in [7, 11) is 0. The number of hydrogen-bond donors (Lipinski definition) is 2. The van der Waals surface area contributed by atoms with Crippen molar-refractivity contribution in [1.29, 1.82) is 0 Å². The van der Waals surface area contributed by atoms with Crippen molar-refractivity contribution < 1.29 is 0 Å². The lowest BCUT2D eigenvalue weighted by molar-refractivity contribution is 0.394. The Bertz CT molecular complexity index is 551. The molecule has 2 aromatic rings. The van der Waals surface area contributed by atoms with Crippen molar-refractivity contribution in [3.05, 3.63) is 42.1 Å². The van der Waals surface area contributed by atoms with Crippen molar-refractivity contribution in [2.24, 2.45) is 0 Å². The van der Waals surface area contributed by atoms with Crippen LogP contribution in [0.2, 0.25) is 0 Å². The summed E-state index contributed by atoms with van der Waals surface area (Å²) in [5.74, 6) is 0. The van der Waals surface area contributed by atoms with Gasteiger partial charge in [-0.1, -0.05) is 32.0 Å². The smallest absolute Gasteiger partial charge is 0.0704 e. The molecule has 1 aliphatic rings. The molecule has 3 heteroatoms. The summed E-state index contributed by atoms with van der Waals surface area (Å²) in [6.45, 7) is 6.53. The van der Waals surface area contributed by atoms with E-state index in [9.17, 15) is 0 Å². The molecule has 0 amide bonds. The fraction of sp³-hybridized carbons (Fsp3) is 0.400. The molecule has 0 saturated carbocycles. The number of aromatic nitrogens is 1. The van der Waals surface area contributed by atoms with E-state index >= 15 is 0 Å². The Hall–Kier alpha value is -1.45. The van der Waals surface area contributed by atoms with Crippen LogP contribution in [0.15, 0.2) is 36.5 Å². The monoisotopic (exact) mass is 241 g/mol. The maximum Gasteiger partial charge on any atom is 0.0704 e. The predicted molar refractivity (Wildman–Crippen MR) is 74.6 cm³/mol. The molecule has 1 unspecified atom stereocenters. The van der Waals surface area contributed by atoms with Crippen LogP contribution in [0.1, 0.15) is 19.4 Å². The van der Waals surface area contributed by atoms with Gasteiger partial charge in [0.1, 0.15) is 0 Å². The third kappa shape index (κ3) is 1.80. The van der Waals surface area contributed by atoms with Gasteiger partial charge in [0.2, 0.25) is 0 Å². The van der Waals surface area contributed by atoms with Crippen LogP contribution in [0.3, 0.4) is 0 Å². The van der Waals surface area contributed by atoms with Gasteiger partial charge in [-0.15, -0.1) is 0 Å². The first-order chi connectivity index (χ1) is 8.69. The van der Waals surface area contributed by atoms with Crippen molar-refractivity contribution in [3.8, 4) is 0 Å². The molecule has 0 spiro atoms. The highest BCUT2D eigenvalue weighted by atomic mass is 15.2. The first-order valence-electron chi connectivity index (χ1n) is 6.48. The number of fused-ring (bicyclic) bond motifs is 1. The maximum atomic E-state index is 4.45. The number of benzene rings is 1. The van der Waals surface area contributed by atoms with Gasteiger partial charge in [-0.2, -0.15) is 0 Å². The van der Waals surface area contributed by atoms with Crippen molar-refractivity contribution in [2.75, 3.05) is 13.2 Å². The van der Waals surface area contributed by atoms with E-state index in [2.05, 4.69) is 53.7 Å². The molecule has 1 saturated heterocycles. The Morgan fingerprint density at radius 1 is 1.22 bits per heavy atom. The first kappa shape index (κ1) is 11.6. The topological polar surface area (TPSA) is 37.0 Å². The SMILES string of the molecule is CC(C)(c1ccnc2ccccc12)C1CNCN1. The molecule has 1 aliphatic heterocycles. The zero-order chi connectivity index (χ0) is 12.6. The molecule has 2 N–H and O–H groups in total. The van der Waals surface area contributed by atoms with Crippen LogP contribution in [-0.2, 0) is 5.41 Å². The Morgan fingerprint density at radius 3 is 2.83 bits per heavy atom. The van der Waals surface area contributed by atoms with Gasteiger partial charge in [0, 0.05) is 36.3 Å². The van der Waals surface area contributed by atoms with Gasteiger partial charge in [0.15, 0.2) is 0 Å². The maximum absolute atomic E-state index is 4.45. The zero-order valence-electron chi connectivity index (χ0n) is 10.9. The second kappa shape index (κ2) is 4.34. The van der Waals surface area contributed by atoms with Crippen molar-refractivity contribution in [3.63, 3.8) is 0 Å². The summed E-state index contributed by atoms with van der Waals surface area (Å²) in [5.41, 5.74) is 2.54. The molecular weight excluding hydrogens is 222 g/mol. The van der Waals surface area contributed by atoms with E-state index in [1.54, 1.807) is 0 Å². The van der Waals surface area contributed by atoms with Crippen LogP contribution in [0.4, 0.5) is 0 Å². The van der Waals surface area contributed by atoms with E-state index in [1.165, 1.54) is 10.9 Å². The molecule has 1 aromatic heterocycles. The Morgan fingerprint density at radius 2 is 2.06 bits per heavy atom. The van der Waals surface area contributed by atoms with Crippen LogP contribution >= 0.6 is 0 Å². The standard InChI is InChI=1S/C15H19N3/c1-15(2,14-9-16-10-18-14)12-7-8-17-13-6-4-3-5-11(12)13/h3-8,14,16,18H,9-10H2,1-2H3. The van der Waals surface area contributed by atoms with Gasteiger partial charge >= 0.3 is 0 Å². The third-order valence-electron chi connectivity index (χ3n) is 4.04. The molecule has 2 heterocycles.